The fourth-order valence-electron chi connectivity index (χ4n) is 3.19. The lowest BCUT2D eigenvalue weighted by Gasteiger charge is -2.11. The van der Waals surface area contributed by atoms with Gasteiger partial charge in [-0.3, -0.25) is 0 Å². The Labute approximate surface area is 151 Å². The Hall–Kier alpha value is -1.89. The van der Waals surface area contributed by atoms with Gasteiger partial charge in [0.15, 0.2) is 9.84 Å². The third-order valence-electron chi connectivity index (χ3n) is 4.44. The predicted molar refractivity (Wildman–Crippen MR) is 95.2 cm³/mol. The minimum atomic E-state index is -3.80. The normalized spacial score (nSPS) is 25.4. The van der Waals surface area contributed by atoms with E-state index in [1.54, 1.807) is 49.4 Å². The van der Waals surface area contributed by atoms with Gasteiger partial charge < -0.3 is 10.5 Å². The molecule has 0 radical (unpaired) electrons. The number of ether oxygens (including phenoxy) is 1. The van der Waals surface area contributed by atoms with Crippen LogP contribution < -0.4 is 5.73 Å². The monoisotopic (exact) mass is 379 g/mol. The Balaban J connectivity index is 2.06. The van der Waals surface area contributed by atoms with Crippen LogP contribution in [0, 0.1) is 0 Å². The van der Waals surface area contributed by atoms with Crippen LogP contribution in [0.4, 0.5) is 0 Å². The highest BCUT2D eigenvalue weighted by Crippen LogP contribution is 2.56. The fraction of sp³-hybridized carbons (Fsp3) is 0.278. The van der Waals surface area contributed by atoms with Gasteiger partial charge in [0.25, 0.3) is 0 Å². The predicted octanol–water partition coefficient (Wildman–Crippen LogP) is 2.54. The van der Waals surface area contributed by atoms with E-state index in [2.05, 4.69) is 0 Å². The first kappa shape index (κ1) is 17.9. The molecule has 1 aliphatic carbocycles. The van der Waals surface area contributed by atoms with E-state index in [4.69, 9.17) is 22.1 Å². The molecule has 1 saturated carbocycles. The molecule has 2 N–H and O–H groups in total. The number of esters is 1. The second-order valence-electron chi connectivity index (χ2n) is 5.96. The Morgan fingerprint density at radius 3 is 2.32 bits per heavy atom. The Bertz CT molecular complexity index is 883. The summed E-state index contributed by atoms with van der Waals surface area (Å²) in [5.74, 6) is -1.39. The van der Waals surface area contributed by atoms with Gasteiger partial charge in [0.2, 0.25) is 0 Å². The summed E-state index contributed by atoms with van der Waals surface area (Å²) in [4.78, 5) is 12.6. The molecule has 1 fully saturated rings. The third kappa shape index (κ3) is 2.94. The largest absolute Gasteiger partial charge is 0.465 e. The Kier molecular flexibility index (Phi) is 4.62. The lowest BCUT2D eigenvalue weighted by Crippen LogP contribution is -2.41. The molecular weight excluding hydrogens is 362 g/mol. The summed E-state index contributed by atoms with van der Waals surface area (Å²) in [7, 11) is -3.80. The zero-order chi connectivity index (χ0) is 18.2. The fourth-order valence-corrected chi connectivity index (χ4v) is 5.56. The molecule has 0 aromatic heterocycles. The number of carbonyl (C=O) groups excluding carboxylic acids is 1. The molecule has 1 aliphatic rings. The van der Waals surface area contributed by atoms with Gasteiger partial charge in [-0.05, 0) is 36.8 Å². The summed E-state index contributed by atoms with van der Waals surface area (Å²) in [5.41, 5.74) is 5.30. The van der Waals surface area contributed by atoms with E-state index in [1.807, 2.05) is 0 Å². The van der Waals surface area contributed by atoms with Crippen LogP contribution in [0.2, 0.25) is 5.02 Å². The maximum atomic E-state index is 13.1. The average Bonchev–Trinajstić information content (AvgIpc) is 3.25. The highest BCUT2D eigenvalue weighted by Gasteiger charge is 2.74. The first-order valence-corrected chi connectivity index (χ1v) is 9.76. The number of carbonyl (C=O) groups is 1. The van der Waals surface area contributed by atoms with E-state index >= 15 is 0 Å². The van der Waals surface area contributed by atoms with Gasteiger partial charge in [-0.15, -0.1) is 0 Å². The Morgan fingerprint density at radius 2 is 1.76 bits per heavy atom. The minimum Gasteiger partial charge on any atom is -0.465 e. The highest BCUT2D eigenvalue weighted by atomic mass is 35.5. The topological polar surface area (TPSA) is 86.5 Å². The van der Waals surface area contributed by atoms with Crippen LogP contribution in [-0.2, 0) is 19.4 Å². The number of rotatable bonds is 5. The SMILES string of the molecule is CCOC(=O)[C@]1(N)[C@H](c2ccc(Cl)cc2)[C@@H]1S(=O)(=O)c1ccccc1. The first-order chi connectivity index (χ1) is 11.8. The van der Waals surface area contributed by atoms with Crippen molar-refractivity contribution in [2.45, 2.75) is 28.5 Å². The summed E-state index contributed by atoms with van der Waals surface area (Å²) >= 11 is 5.90. The lowest BCUT2D eigenvalue weighted by molar-refractivity contribution is -0.145. The number of halogens is 1. The molecule has 0 amide bonds. The molecule has 3 atom stereocenters. The second-order valence-corrected chi connectivity index (χ2v) is 8.47. The van der Waals surface area contributed by atoms with Crippen molar-refractivity contribution in [2.24, 2.45) is 5.73 Å². The van der Waals surface area contributed by atoms with Crippen LogP contribution in [0.15, 0.2) is 59.5 Å². The van der Waals surface area contributed by atoms with Crippen molar-refractivity contribution in [2.75, 3.05) is 6.61 Å². The molecule has 0 spiro atoms. The number of benzene rings is 2. The molecule has 2 aromatic rings. The zero-order valence-corrected chi connectivity index (χ0v) is 15.1. The highest BCUT2D eigenvalue weighted by molar-refractivity contribution is 7.92. The van der Waals surface area contributed by atoms with Gasteiger partial charge in [0.05, 0.1) is 11.5 Å². The van der Waals surface area contributed by atoms with E-state index in [-0.39, 0.29) is 11.5 Å². The standard InChI is InChI=1S/C18H18ClNO4S/c1-2-24-17(21)18(20)15(12-8-10-13(19)11-9-12)16(18)25(22,23)14-6-4-3-5-7-14/h3-11,15-16H,2,20H2,1H3/t15-,16+,18+/m1/s1. The van der Waals surface area contributed by atoms with E-state index < -0.39 is 32.5 Å². The van der Waals surface area contributed by atoms with Crippen molar-refractivity contribution in [3.8, 4) is 0 Å². The van der Waals surface area contributed by atoms with Crippen molar-refractivity contribution in [3.63, 3.8) is 0 Å². The molecule has 25 heavy (non-hydrogen) atoms. The third-order valence-corrected chi connectivity index (χ3v) is 6.96. The quantitative estimate of drug-likeness (QED) is 0.807. The van der Waals surface area contributed by atoms with Gasteiger partial charge in [0, 0.05) is 10.9 Å². The molecule has 0 saturated heterocycles. The van der Waals surface area contributed by atoms with Crippen molar-refractivity contribution in [1.82, 2.24) is 0 Å². The van der Waals surface area contributed by atoms with Crippen LogP contribution in [0.25, 0.3) is 0 Å². The molecular formula is C18H18ClNO4S. The maximum Gasteiger partial charge on any atom is 0.328 e. The molecule has 0 aliphatic heterocycles. The average molecular weight is 380 g/mol. The van der Waals surface area contributed by atoms with Crippen molar-refractivity contribution in [1.29, 1.82) is 0 Å². The van der Waals surface area contributed by atoms with E-state index in [0.29, 0.717) is 10.6 Å². The van der Waals surface area contributed by atoms with E-state index in [1.165, 1.54) is 12.1 Å². The van der Waals surface area contributed by atoms with Crippen LogP contribution >= 0.6 is 11.6 Å². The molecule has 3 rings (SSSR count). The zero-order valence-electron chi connectivity index (χ0n) is 13.6. The molecule has 2 aromatic carbocycles. The minimum absolute atomic E-state index is 0.128. The molecule has 7 heteroatoms. The molecule has 0 heterocycles. The van der Waals surface area contributed by atoms with Crippen LogP contribution in [0.3, 0.4) is 0 Å². The van der Waals surface area contributed by atoms with E-state index in [0.717, 1.165) is 0 Å². The van der Waals surface area contributed by atoms with Crippen LogP contribution in [0.1, 0.15) is 18.4 Å². The van der Waals surface area contributed by atoms with Crippen LogP contribution in [0.5, 0.6) is 0 Å². The van der Waals surface area contributed by atoms with Gasteiger partial charge >= 0.3 is 5.97 Å². The summed E-state index contributed by atoms with van der Waals surface area (Å²) < 4.78 is 31.2. The number of nitrogens with two attached hydrogens (primary N) is 1. The lowest BCUT2D eigenvalue weighted by atomic mass is 10.1. The summed E-state index contributed by atoms with van der Waals surface area (Å²) in [6.45, 7) is 1.78. The summed E-state index contributed by atoms with van der Waals surface area (Å²) in [6.07, 6.45) is 0. The Morgan fingerprint density at radius 1 is 1.16 bits per heavy atom. The van der Waals surface area contributed by atoms with Gasteiger partial charge in [-0.1, -0.05) is 41.9 Å². The van der Waals surface area contributed by atoms with Gasteiger partial charge in [-0.25, -0.2) is 13.2 Å². The molecule has 5 nitrogen and oxygen atoms in total. The molecule has 132 valence electrons. The molecule has 0 bridgehead atoms. The number of hydrogen-bond donors (Lipinski definition) is 1. The summed E-state index contributed by atoms with van der Waals surface area (Å²) in [6, 6.07) is 14.7. The first-order valence-electron chi connectivity index (χ1n) is 7.84. The van der Waals surface area contributed by atoms with Crippen molar-refractivity contribution >= 4 is 27.4 Å². The smallest absolute Gasteiger partial charge is 0.328 e. The second kappa shape index (κ2) is 6.44. The van der Waals surface area contributed by atoms with Gasteiger partial charge in [-0.2, -0.15) is 0 Å². The van der Waals surface area contributed by atoms with Gasteiger partial charge in [0.1, 0.15) is 10.8 Å². The van der Waals surface area contributed by atoms with Crippen molar-refractivity contribution < 1.29 is 17.9 Å². The number of sulfone groups is 1. The molecule has 0 unspecified atom stereocenters. The van der Waals surface area contributed by atoms with Crippen molar-refractivity contribution in [3.05, 3.63) is 65.2 Å². The number of hydrogen-bond acceptors (Lipinski definition) is 5. The van der Waals surface area contributed by atoms with E-state index in [9.17, 15) is 13.2 Å². The maximum absolute atomic E-state index is 13.1. The summed E-state index contributed by atoms with van der Waals surface area (Å²) in [5, 5.41) is -0.562. The van der Waals surface area contributed by atoms with Crippen LogP contribution in [-0.4, -0.2) is 31.8 Å².